The number of aliphatic hydroxyl groups is 1. The van der Waals surface area contributed by atoms with E-state index in [-0.39, 0.29) is 6.10 Å². The molecule has 0 heterocycles. The SMILES string of the molecule is C=C1CC[C@H]2[C@](C)(CC[C@H]3[C@H](C(=C)C)CC[C@]32C)C[C@@H]1O. The minimum atomic E-state index is -0.279. The average molecular weight is 288 g/mol. The van der Waals surface area contributed by atoms with Crippen LogP contribution in [0, 0.1) is 28.6 Å². The Morgan fingerprint density at radius 1 is 1.19 bits per heavy atom. The molecule has 0 aromatic carbocycles. The maximum absolute atomic E-state index is 10.4. The molecule has 0 amide bonds. The fourth-order valence-electron chi connectivity index (χ4n) is 6.33. The second kappa shape index (κ2) is 4.98. The lowest BCUT2D eigenvalue weighted by Gasteiger charge is -2.55. The molecule has 0 radical (unpaired) electrons. The van der Waals surface area contributed by atoms with Crippen LogP contribution in [0.2, 0.25) is 0 Å². The summed E-state index contributed by atoms with van der Waals surface area (Å²) in [4.78, 5) is 0. The molecule has 1 heteroatoms. The van der Waals surface area contributed by atoms with Crippen molar-refractivity contribution in [3.63, 3.8) is 0 Å². The summed E-state index contributed by atoms with van der Waals surface area (Å²) in [5, 5.41) is 10.4. The van der Waals surface area contributed by atoms with Gasteiger partial charge >= 0.3 is 0 Å². The van der Waals surface area contributed by atoms with Crippen LogP contribution in [-0.4, -0.2) is 11.2 Å². The van der Waals surface area contributed by atoms with Crippen LogP contribution in [0.5, 0.6) is 0 Å². The lowest BCUT2D eigenvalue weighted by Crippen LogP contribution is -2.47. The Morgan fingerprint density at radius 3 is 2.57 bits per heavy atom. The monoisotopic (exact) mass is 288 g/mol. The number of allylic oxidation sites excluding steroid dienone is 1. The predicted molar refractivity (Wildman–Crippen MR) is 89.0 cm³/mol. The molecule has 0 unspecified atom stereocenters. The van der Waals surface area contributed by atoms with Crippen LogP contribution in [0.3, 0.4) is 0 Å². The van der Waals surface area contributed by atoms with Crippen molar-refractivity contribution >= 4 is 0 Å². The first kappa shape index (κ1) is 15.3. The zero-order valence-electron chi connectivity index (χ0n) is 14.1. The summed E-state index contributed by atoms with van der Waals surface area (Å²) >= 11 is 0. The van der Waals surface area contributed by atoms with Crippen molar-refractivity contribution in [3.05, 3.63) is 24.3 Å². The zero-order chi connectivity index (χ0) is 15.4. The maximum atomic E-state index is 10.4. The van der Waals surface area contributed by atoms with Gasteiger partial charge in [-0.05, 0) is 86.0 Å². The van der Waals surface area contributed by atoms with Gasteiger partial charge in [0.2, 0.25) is 0 Å². The Morgan fingerprint density at radius 2 is 1.90 bits per heavy atom. The van der Waals surface area contributed by atoms with E-state index in [4.69, 9.17) is 0 Å². The van der Waals surface area contributed by atoms with Crippen molar-refractivity contribution < 1.29 is 5.11 Å². The van der Waals surface area contributed by atoms with Crippen LogP contribution >= 0.6 is 0 Å². The van der Waals surface area contributed by atoms with E-state index in [9.17, 15) is 5.11 Å². The van der Waals surface area contributed by atoms with Crippen molar-refractivity contribution in [1.29, 1.82) is 0 Å². The Hall–Kier alpha value is -0.560. The molecule has 0 bridgehead atoms. The van der Waals surface area contributed by atoms with Crippen molar-refractivity contribution in [2.45, 2.75) is 71.8 Å². The average Bonchev–Trinajstić information content (AvgIpc) is 2.68. The number of rotatable bonds is 1. The number of hydrogen-bond donors (Lipinski definition) is 1. The second-order valence-corrected chi connectivity index (χ2v) is 8.77. The van der Waals surface area contributed by atoms with Crippen LogP contribution in [0.4, 0.5) is 0 Å². The van der Waals surface area contributed by atoms with E-state index in [2.05, 4.69) is 33.9 Å². The van der Waals surface area contributed by atoms with Gasteiger partial charge in [-0.25, -0.2) is 0 Å². The van der Waals surface area contributed by atoms with Crippen molar-refractivity contribution in [2.75, 3.05) is 0 Å². The maximum Gasteiger partial charge on any atom is 0.0752 e. The summed E-state index contributed by atoms with van der Waals surface area (Å²) in [6, 6.07) is 0. The lowest BCUT2D eigenvalue weighted by molar-refractivity contribution is -0.0616. The van der Waals surface area contributed by atoms with Gasteiger partial charge in [-0.15, -0.1) is 0 Å². The van der Waals surface area contributed by atoms with Gasteiger partial charge in [0.05, 0.1) is 6.10 Å². The third-order valence-corrected chi connectivity index (χ3v) is 7.51. The Bertz CT molecular complexity index is 464. The standard InChI is InChI=1S/C20H32O/c1-13(2)15-8-11-20(5)16(15)9-10-19(4)12-17(21)14(3)6-7-18(19)20/h15-18,21H,1,3,6-12H2,2,4-5H3/t15-,16-,17-,18-,19+,20+/m0/s1. The molecular formula is C20H32O. The molecule has 0 saturated heterocycles. The van der Waals surface area contributed by atoms with Gasteiger partial charge in [0.25, 0.3) is 0 Å². The summed E-state index contributed by atoms with van der Waals surface area (Å²) < 4.78 is 0. The van der Waals surface area contributed by atoms with Gasteiger partial charge in [0.15, 0.2) is 0 Å². The van der Waals surface area contributed by atoms with Crippen LogP contribution in [0.25, 0.3) is 0 Å². The molecule has 1 nitrogen and oxygen atoms in total. The van der Waals surface area contributed by atoms with Crippen LogP contribution in [0.1, 0.15) is 65.7 Å². The molecule has 0 aromatic heterocycles. The predicted octanol–water partition coefficient (Wildman–Crippen LogP) is 5.11. The van der Waals surface area contributed by atoms with Gasteiger partial charge in [-0.3, -0.25) is 0 Å². The van der Waals surface area contributed by atoms with E-state index in [1.54, 1.807) is 0 Å². The van der Waals surface area contributed by atoms with Gasteiger partial charge in [-0.2, -0.15) is 0 Å². The summed E-state index contributed by atoms with van der Waals surface area (Å²) in [6.45, 7) is 15.6. The molecule has 3 fully saturated rings. The first-order chi connectivity index (χ1) is 9.78. The number of fused-ring (bicyclic) bond motifs is 3. The molecule has 0 spiro atoms. The van der Waals surface area contributed by atoms with Crippen LogP contribution in [-0.2, 0) is 0 Å². The second-order valence-electron chi connectivity index (χ2n) is 8.77. The van der Waals surface area contributed by atoms with Gasteiger partial charge < -0.3 is 5.11 Å². The molecule has 1 N–H and O–H groups in total. The zero-order valence-corrected chi connectivity index (χ0v) is 14.1. The quantitative estimate of drug-likeness (QED) is 0.665. The van der Waals surface area contributed by atoms with E-state index in [1.165, 1.54) is 37.7 Å². The summed E-state index contributed by atoms with van der Waals surface area (Å²) in [5.41, 5.74) is 3.21. The third-order valence-electron chi connectivity index (χ3n) is 7.51. The molecule has 118 valence electrons. The third kappa shape index (κ3) is 2.23. The molecule has 21 heavy (non-hydrogen) atoms. The topological polar surface area (TPSA) is 20.2 Å². The fourth-order valence-corrected chi connectivity index (χ4v) is 6.33. The minimum Gasteiger partial charge on any atom is -0.389 e. The number of hydrogen-bond acceptors (Lipinski definition) is 1. The first-order valence-electron chi connectivity index (χ1n) is 8.79. The minimum absolute atomic E-state index is 0.279. The fraction of sp³-hybridized carbons (Fsp3) is 0.800. The van der Waals surface area contributed by atoms with E-state index in [1.807, 2.05) is 0 Å². The molecule has 0 aliphatic heterocycles. The van der Waals surface area contributed by atoms with E-state index in [0.29, 0.717) is 10.8 Å². The van der Waals surface area contributed by atoms with Crippen LogP contribution in [0.15, 0.2) is 24.3 Å². The Labute approximate surface area is 130 Å². The Kier molecular flexibility index (Phi) is 3.64. The largest absolute Gasteiger partial charge is 0.389 e. The Balaban J connectivity index is 1.94. The van der Waals surface area contributed by atoms with Crippen molar-refractivity contribution in [2.24, 2.45) is 28.6 Å². The van der Waals surface area contributed by atoms with Crippen molar-refractivity contribution in [1.82, 2.24) is 0 Å². The smallest absolute Gasteiger partial charge is 0.0752 e. The van der Waals surface area contributed by atoms with Gasteiger partial charge in [-0.1, -0.05) is 32.6 Å². The van der Waals surface area contributed by atoms with E-state index >= 15 is 0 Å². The van der Waals surface area contributed by atoms with Crippen LogP contribution < -0.4 is 0 Å². The number of aliphatic hydroxyl groups excluding tert-OH is 1. The molecular weight excluding hydrogens is 256 g/mol. The van der Waals surface area contributed by atoms with Gasteiger partial charge in [0, 0.05) is 0 Å². The van der Waals surface area contributed by atoms with E-state index in [0.717, 1.165) is 36.2 Å². The normalized spacial score (nSPS) is 50.2. The van der Waals surface area contributed by atoms with E-state index < -0.39 is 0 Å². The molecule has 6 atom stereocenters. The lowest BCUT2D eigenvalue weighted by atomic mass is 9.50. The summed E-state index contributed by atoms with van der Waals surface area (Å²) in [7, 11) is 0. The highest BCUT2D eigenvalue weighted by Gasteiger charge is 2.58. The summed E-state index contributed by atoms with van der Waals surface area (Å²) in [5.74, 6) is 2.29. The molecule has 3 rings (SSSR count). The molecule has 0 aromatic rings. The highest BCUT2D eigenvalue weighted by atomic mass is 16.3. The molecule has 3 aliphatic rings. The highest BCUT2D eigenvalue weighted by molar-refractivity contribution is 5.16. The molecule has 3 saturated carbocycles. The first-order valence-corrected chi connectivity index (χ1v) is 8.79. The summed E-state index contributed by atoms with van der Waals surface area (Å²) in [6.07, 6.45) is 8.15. The molecule has 3 aliphatic carbocycles. The highest BCUT2D eigenvalue weighted by Crippen LogP contribution is 2.66. The van der Waals surface area contributed by atoms with Gasteiger partial charge in [0.1, 0.15) is 0 Å². The van der Waals surface area contributed by atoms with Crippen molar-refractivity contribution in [3.8, 4) is 0 Å².